The van der Waals surface area contributed by atoms with E-state index in [0.717, 1.165) is 12.4 Å². The van der Waals surface area contributed by atoms with E-state index in [1.54, 1.807) is 12.4 Å². The van der Waals surface area contributed by atoms with Crippen molar-refractivity contribution in [2.45, 2.75) is 45.7 Å². The molecule has 1 unspecified atom stereocenters. The molecule has 0 fully saturated rings. The first-order valence-corrected chi connectivity index (χ1v) is 5.32. The second kappa shape index (κ2) is 6.49. The molecule has 0 aliphatic heterocycles. The Hall–Kier alpha value is -0.960. The van der Waals surface area contributed by atoms with Gasteiger partial charge in [-0.15, -0.1) is 0 Å². The highest BCUT2D eigenvalue weighted by Gasteiger charge is 2.01. The van der Waals surface area contributed by atoms with Gasteiger partial charge in [0.25, 0.3) is 0 Å². The van der Waals surface area contributed by atoms with Crippen molar-refractivity contribution < 1.29 is 0 Å². The second-order valence-electron chi connectivity index (χ2n) is 3.59. The van der Waals surface area contributed by atoms with Crippen LogP contribution in [0.5, 0.6) is 0 Å². The van der Waals surface area contributed by atoms with Crippen molar-refractivity contribution in [2.75, 3.05) is 0 Å². The molecule has 78 valence electrons. The summed E-state index contributed by atoms with van der Waals surface area (Å²) in [7, 11) is 0. The van der Waals surface area contributed by atoms with Gasteiger partial charge in [0.1, 0.15) is 5.82 Å². The van der Waals surface area contributed by atoms with Crippen molar-refractivity contribution in [1.29, 1.82) is 0 Å². The van der Waals surface area contributed by atoms with Gasteiger partial charge in [-0.3, -0.25) is 0 Å². The fraction of sp³-hybridized carbons (Fsp3) is 0.636. The maximum atomic E-state index is 4.16. The number of aromatic nitrogens is 2. The molecule has 3 heteroatoms. The zero-order chi connectivity index (χ0) is 10.2. The fourth-order valence-corrected chi connectivity index (χ4v) is 1.30. The first kappa shape index (κ1) is 11.1. The molecule has 0 saturated heterocycles. The van der Waals surface area contributed by atoms with E-state index in [4.69, 9.17) is 0 Å². The standard InChI is InChI=1S/C11H19N3/c1-3-4-6-10(2)14-9-11-12-7-5-8-13-11/h5,7-8,10,14H,3-4,6,9H2,1-2H3. The van der Waals surface area contributed by atoms with Gasteiger partial charge in [0.2, 0.25) is 0 Å². The molecule has 0 amide bonds. The highest BCUT2D eigenvalue weighted by molar-refractivity contribution is 4.88. The molecule has 0 spiro atoms. The van der Waals surface area contributed by atoms with Gasteiger partial charge in [0.05, 0.1) is 6.54 Å². The lowest BCUT2D eigenvalue weighted by molar-refractivity contribution is 0.487. The average Bonchev–Trinajstić information content (AvgIpc) is 2.25. The van der Waals surface area contributed by atoms with Gasteiger partial charge in [0.15, 0.2) is 0 Å². The van der Waals surface area contributed by atoms with Crippen LogP contribution in [0.4, 0.5) is 0 Å². The lowest BCUT2D eigenvalue weighted by Gasteiger charge is -2.11. The van der Waals surface area contributed by atoms with E-state index in [0.29, 0.717) is 6.04 Å². The quantitative estimate of drug-likeness (QED) is 0.752. The third-order valence-electron chi connectivity index (χ3n) is 2.22. The minimum Gasteiger partial charge on any atom is -0.307 e. The lowest BCUT2D eigenvalue weighted by atomic mass is 10.1. The summed E-state index contributed by atoms with van der Waals surface area (Å²) in [6.45, 7) is 5.19. The second-order valence-corrected chi connectivity index (χ2v) is 3.59. The molecule has 1 aromatic rings. The van der Waals surface area contributed by atoms with Gasteiger partial charge >= 0.3 is 0 Å². The summed E-state index contributed by atoms with van der Waals surface area (Å²) in [4.78, 5) is 8.31. The molecule has 1 aromatic heterocycles. The number of hydrogen-bond donors (Lipinski definition) is 1. The molecule has 14 heavy (non-hydrogen) atoms. The molecule has 0 aromatic carbocycles. The fourth-order valence-electron chi connectivity index (χ4n) is 1.30. The summed E-state index contributed by atoms with van der Waals surface area (Å²) in [5, 5.41) is 3.41. The number of rotatable bonds is 6. The summed E-state index contributed by atoms with van der Waals surface area (Å²) in [6.07, 6.45) is 7.32. The summed E-state index contributed by atoms with van der Waals surface area (Å²) in [5.74, 6) is 0.871. The van der Waals surface area contributed by atoms with Crippen LogP contribution in [0.25, 0.3) is 0 Å². The van der Waals surface area contributed by atoms with Gasteiger partial charge < -0.3 is 5.32 Å². The average molecular weight is 193 g/mol. The normalized spacial score (nSPS) is 12.7. The van der Waals surface area contributed by atoms with Gasteiger partial charge in [-0.2, -0.15) is 0 Å². The predicted octanol–water partition coefficient (Wildman–Crippen LogP) is 2.14. The number of nitrogens with zero attached hydrogens (tertiary/aromatic N) is 2. The number of nitrogens with one attached hydrogen (secondary N) is 1. The maximum Gasteiger partial charge on any atom is 0.141 e. The van der Waals surface area contributed by atoms with Crippen molar-refractivity contribution in [1.82, 2.24) is 15.3 Å². The van der Waals surface area contributed by atoms with Crippen LogP contribution >= 0.6 is 0 Å². The highest BCUT2D eigenvalue weighted by atomic mass is 15.0. The van der Waals surface area contributed by atoms with Crippen LogP contribution in [-0.4, -0.2) is 16.0 Å². The first-order valence-electron chi connectivity index (χ1n) is 5.32. The Labute approximate surface area is 86.0 Å². The number of hydrogen-bond acceptors (Lipinski definition) is 3. The molecule has 1 N–H and O–H groups in total. The van der Waals surface area contributed by atoms with E-state index in [1.807, 2.05) is 6.07 Å². The van der Waals surface area contributed by atoms with Gasteiger partial charge in [-0.1, -0.05) is 19.8 Å². The molecule has 3 nitrogen and oxygen atoms in total. The summed E-state index contributed by atoms with van der Waals surface area (Å²) in [5.41, 5.74) is 0. The zero-order valence-electron chi connectivity index (χ0n) is 9.03. The molecule has 0 aliphatic carbocycles. The molecular formula is C11H19N3. The smallest absolute Gasteiger partial charge is 0.141 e. The van der Waals surface area contributed by atoms with Gasteiger partial charge in [-0.25, -0.2) is 9.97 Å². The Kier molecular flexibility index (Phi) is 5.15. The molecule has 1 heterocycles. The van der Waals surface area contributed by atoms with Crippen LogP contribution in [0, 0.1) is 0 Å². The predicted molar refractivity (Wildman–Crippen MR) is 57.9 cm³/mol. The Bertz CT molecular complexity index is 236. The van der Waals surface area contributed by atoms with Crippen LogP contribution in [-0.2, 0) is 6.54 Å². The SMILES string of the molecule is CCCCC(C)NCc1ncccn1. The molecule has 1 rings (SSSR count). The van der Waals surface area contributed by atoms with Crippen LogP contribution in [0.15, 0.2) is 18.5 Å². The third-order valence-corrected chi connectivity index (χ3v) is 2.22. The van der Waals surface area contributed by atoms with Crippen molar-refractivity contribution in [2.24, 2.45) is 0 Å². The van der Waals surface area contributed by atoms with Crippen molar-refractivity contribution in [3.63, 3.8) is 0 Å². The number of unbranched alkanes of at least 4 members (excludes halogenated alkanes) is 1. The first-order chi connectivity index (χ1) is 6.83. The van der Waals surface area contributed by atoms with Crippen LogP contribution in [0.2, 0.25) is 0 Å². The zero-order valence-corrected chi connectivity index (χ0v) is 9.03. The van der Waals surface area contributed by atoms with Gasteiger partial charge in [0, 0.05) is 18.4 Å². The third kappa shape index (κ3) is 4.33. The molecular weight excluding hydrogens is 174 g/mol. The van der Waals surface area contributed by atoms with Crippen LogP contribution in [0.1, 0.15) is 38.9 Å². The Balaban J connectivity index is 2.20. The Morgan fingerprint density at radius 3 is 2.71 bits per heavy atom. The molecule has 0 aliphatic rings. The van der Waals surface area contributed by atoms with Crippen molar-refractivity contribution in [3.05, 3.63) is 24.3 Å². The Morgan fingerprint density at radius 2 is 2.07 bits per heavy atom. The van der Waals surface area contributed by atoms with E-state index >= 15 is 0 Å². The molecule has 0 radical (unpaired) electrons. The Morgan fingerprint density at radius 1 is 1.36 bits per heavy atom. The van der Waals surface area contributed by atoms with E-state index in [1.165, 1.54) is 19.3 Å². The molecule has 1 atom stereocenters. The molecule has 0 bridgehead atoms. The monoisotopic (exact) mass is 193 g/mol. The summed E-state index contributed by atoms with van der Waals surface area (Å²) < 4.78 is 0. The van der Waals surface area contributed by atoms with E-state index in [9.17, 15) is 0 Å². The van der Waals surface area contributed by atoms with Crippen molar-refractivity contribution >= 4 is 0 Å². The van der Waals surface area contributed by atoms with Crippen LogP contribution < -0.4 is 5.32 Å². The largest absolute Gasteiger partial charge is 0.307 e. The van der Waals surface area contributed by atoms with Crippen molar-refractivity contribution in [3.8, 4) is 0 Å². The highest BCUT2D eigenvalue weighted by Crippen LogP contribution is 2.00. The van der Waals surface area contributed by atoms with Crippen LogP contribution in [0.3, 0.4) is 0 Å². The maximum absolute atomic E-state index is 4.16. The van der Waals surface area contributed by atoms with E-state index in [-0.39, 0.29) is 0 Å². The van der Waals surface area contributed by atoms with E-state index < -0.39 is 0 Å². The summed E-state index contributed by atoms with van der Waals surface area (Å²) in [6, 6.07) is 2.39. The summed E-state index contributed by atoms with van der Waals surface area (Å²) >= 11 is 0. The molecule has 0 saturated carbocycles. The minimum atomic E-state index is 0.554. The van der Waals surface area contributed by atoms with E-state index in [2.05, 4.69) is 29.1 Å². The lowest BCUT2D eigenvalue weighted by Crippen LogP contribution is -2.26. The minimum absolute atomic E-state index is 0.554. The van der Waals surface area contributed by atoms with Gasteiger partial charge in [-0.05, 0) is 19.4 Å². The topological polar surface area (TPSA) is 37.8 Å².